The van der Waals surface area contributed by atoms with E-state index in [0.717, 1.165) is 11.1 Å². The number of amides is 1. The minimum atomic E-state index is -0.838. The molecule has 0 radical (unpaired) electrons. The first-order chi connectivity index (χ1) is 11.5. The summed E-state index contributed by atoms with van der Waals surface area (Å²) in [5, 5.41) is 9.90. The minimum Gasteiger partial charge on any atom is -0.392 e. The van der Waals surface area contributed by atoms with Crippen molar-refractivity contribution in [2.75, 3.05) is 0 Å². The number of β-lactam (4-membered cyclic amide) rings is 1. The molecule has 0 spiro atoms. The van der Waals surface area contributed by atoms with Gasteiger partial charge in [-0.15, -0.1) is 0 Å². The average molecular weight is 323 g/mol. The van der Waals surface area contributed by atoms with Crippen LogP contribution in [0.1, 0.15) is 31.0 Å². The summed E-state index contributed by atoms with van der Waals surface area (Å²) < 4.78 is 0. The molecule has 3 rings (SSSR count). The third-order valence-electron chi connectivity index (χ3n) is 4.62. The number of hydrogen-bond acceptors (Lipinski definition) is 3. The van der Waals surface area contributed by atoms with Gasteiger partial charge in [-0.05, 0) is 25.0 Å². The van der Waals surface area contributed by atoms with Gasteiger partial charge >= 0.3 is 0 Å². The van der Waals surface area contributed by atoms with Gasteiger partial charge < -0.3 is 10.0 Å². The van der Waals surface area contributed by atoms with Crippen molar-refractivity contribution in [3.8, 4) is 0 Å². The van der Waals surface area contributed by atoms with Gasteiger partial charge in [-0.1, -0.05) is 60.7 Å². The van der Waals surface area contributed by atoms with Crippen LogP contribution in [0.15, 0.2) is 60.7 Å². The lowest BCUT2D eigenvalue weighted by Crippen LogP contribution is -2.67. The van der Waals surface area contributed by atoms with Crippen LogP contribution in [0.3, 0.4) is 0 Å². The molecular formula is C20H21NO3. The van der Waals surface area contributed by atoms with E-state index in [2.05, 4.69) is 0 Å². The molecular weight excluding hydrogens is 302 g/mol. The second kappa shape index (κ2) is 6.57. The van der Waals surface area contributed by atoms with Gasteiger partial charge in [-0.25, -0.2) is 0 Å². The molecule has 124 valence electrons. The Morgan fingerprint density at radius 1 is 1.00 bits per heavy atom. The van der Waals surface area contributed by atoms with E-state index in [4.69, 9.17) is 0 Å². The zero-order chi connectivity index (χ0) is 17.3. The number of carbonyl (C=O) groups is 2. The second-order valence-corrected chi connectivity index (χ2v) is 6.29. The predicted octanol–water partition coefficient (Wildman–Crippen LogP) is 2.57. The maximum atomic E-state index is 12.7. The molecule has 3 atom stereocenters. The molecule has 4 heteroatoms. The number of aliphatic hydroxyl groups is 1. The van der Waals surface area contributed by atoms with Crippen molar-refractivity contribution in [3.05, 3.63) is 71.8 Å². The predicted molar refractivity (Wildman–Crippen MR) is 91.2 cm³/mol. The number of ketones is 1. The van der Waals surface area contributed by atoms with Gasteiger partial charge in [0.1, 0.15) is 6.04 Å². The van der Waals surface area contributed by atoms with Crippen molar-refractivity contribution in [3.63, 3.8) is 0 Å². The van der Waals surface area contributed by atoms with Crippen LogP contribution in [0.25, 0.3) is 0 Å². The topological polar surface area (TPSA) is 57.6 Å². The smallest absolute Gasteiger partial charge is 0.232 e. The zero-order valence-electron chi connectivity index (χ0n) is 13.8. The van der Waals surface area contributed by atoms with Crippen molar-refractivity contribution >= 4 is 11.7 Å². The van der Waals surface area contributed by atoms with E-state index in [-0.39, 0.29) is 17.7 Å². The normalized spacial score (nSPS) is 21.5. The Balaban J connectivity index is 2.06. The van der Waals surface area contributed by atoms with Crippen LogP contribution in [-0.2, 0) is 9.59 Å². The Morgan fingerprint density at radius 2 is 1.46 bits per heavy atom. The van der Waals surface area contributed by atoms with E-state index in [1.54, 1.807) is 11.8 Å². The molecule has 1 aliphatic heterocycles. The molecule has 1 N–H and O–H groups in total. The highest BCUT2D eigenvalue weighted by atomic mass is 16.3. The summed E-state index contributed by atoms with van der Waals surface area (Å²) in [6, 6.07) is 18.4. The Morgan fingerprint density at radius 3 is 1.83 bits per heavy atom. The van der Waals surface area contributed by atoms with E-state index in [1.807, 2.05) is 60.7 Å². The summed E-state index contributed by atoms with van der Waals surface area (Å²) in [6.45, 7) is 3.04. The monoisotopic (exact) mass is 323 g/mol. The van der Waals surface area contributed by atoms with E-state index in [9.17, 15) is 14.7 Å². The lowest BCUT2D eigenvalue weighted by molar-refractivity contribution is -0.172. The Hall–Kier alpha value is -2.46. The summed E-state index contributed by atoms with van der Waals surface area (Å²) in [4.78, 5) is 26.5. The maximum Gasteiger partial charge on any atom is 0.232 e. The first-order valence-corrected chi connectivity index (χ1v) is 8.13. The molecule has 0 aromatic heterocycles. The van der Waals surface area contributed by atoms with E-state index in [1.165, 1.54) is 6.92 Å². The number of rotatable bonds is 5. The summed E-state index contributed by atoms with van der Waals surface area (Å²) in [7, 11) is 0. The third kappa shape index (κ3) is 2.74. The Kier molecular flexibility index (Phi) is 4.49. The molecule has 1 aliphatic rings. The van der Waals surface area contributed by atoms with Crippen LogP contribution in [0.2, 0.25) is 0 Å². The number of benzene rings is 2. The molecule has 0 saturated carbocycles. The molecule has 24 heavy (non-hydrogen) atoms. The molecule has 1 heterocycles. The molecule has 4 nitrogen and oxygen atoms in total. The number of Topliss-reactive ketones (excluding diaryl/α,β-unsaturated/α-hetero) is 1. The van der Waals surface area contributed by atoms with E-state index >= 15 is 0 Å². The maximum absolute atomic E-state index is 12.7. The Labute approximate surface area is 141 Å². The van der Waals surface area contributed by atoms with E-state index < -0.39 is 18.1 Å². The lowest BCUT2D eigenvalue weighted by atomic mass is 9.78. The number of hydrogen-bond donors (Lipinski definition) is 1. The van der Waals surface area contributed by atoms with Crippen LogP contribution < -0.4 is 0 Å². The molecule has 1 amide bonds. The van der Waals surface area contributed by atoms with Crippen LogP contribution >= 0.6 is 0 Å². The highest BCUT2D eigenvalue weighted by Crippen LogP contribution is 2.41. The van der Waals surface area contributed by atoms with Crippen molar-refractivity contribution < 1.29 is 14.7 Å². The highest BCUT2D eigenvalue weighted by Gasteiger charge is 2.54. The van der Waals surface area contributed by atoms with Crippen LogP contribution in [0.5, 0.6) is 0 Å². The fraction of sp³-hybridized carbons (Fsp3) is 0.300. The Bertz CT molecular complexity index is 688. The molecule has 2 unspecified atom stereocenters. The molecule has 1 saturated heterocycles. The van der Waals surface area contributed by atoms with Gasteiger partial charge in [-0.3, -0.25) is 9.59 Å². The summed E-state index contributed by atoms with van der Waals surface area (Å²) in [5.41, 5.74) is 1.90. The fourth-order valence-electron chi connectivity index (χ4n) is 3.53. The average Bonchev–Trinajstić information content (AvgIpc) is 2.57. The molecule has 0 aliphatic carbocycles. The summed E-state index contributed by atoms with van der Waals surface area (Å²) in [6.07, 6.45) is -0.838. The van der Waals surface area contributed by atoms with Gasteiger partial charge in [0.15, 0.2) is 5.78 Å². The molecule has 2 aromatic rings. The third-order valence-corrected chi connectivity index (χ3v) is 4.62. The first-order valence-electron chi connectivity index (χ1n) is 8.13. The van der Waals surface area contributed by atoms with Crippen LogP contribution in [0.4, 0.5) is 0 Å². The van der Waals surface area contributed by atoms with Crippen molar-refractivity contribution in [1.82, 2.24) is 4.90 Å². The fourth-order valence-corrected chi connectivity index (χ4v) is 3.53. The largest absolute Gasteiger partial charge is 0.392 e. The number of nitrogens with zero attached hydrogens (tertiary/aromatic N) is 1. The van der Waals surface area contributed by atoms with Crippen molar-refractivity contribution in [2.45, 2.75) is 32.0 Å². The number of carbonyl (C=O) groups excluding carboxylic acids is 2. The van der Waals surface area contributed by atoms with Crippen molar-refractivity contribution in [2.24, 2.45) is 5.92 Å². The summed E-state index contributed by atoms with van der Waals surface area (Å²) in [5.74, 6) is -0.933. The van der Waals surface area contributed by atoms with Crippen LogP contribution in [0, 0.1) is 5.92 Å². The highest BCUT2D eigenvalue weighted by molar-refractivity contribution is 6.00. The number of likely N-dealkylation sites (tertiary alicyclic amines) is 1. The van der Waals surface area contributed by atoms with Gasteiger partial charge in [-0.2, -0.15) is 0 Å². The molecule has 2 aromatic carbocycles. The van der Waals surface area contributed by atoms with Crippen LogP contribution in [-0.4, -0.2) is 33.8 Å². The zero-order valence-corrected chi connectivity index (χ0v) is 13.8. The van der Waals surface area contributed by atoms with Gasteiger partial charge in [0, 0.05) is 0 Å². The number of aliphatic hydroxyl groups excluding tert-OH is 1. The standard InChI is InChI=1S/C20H21NO3/c1-13(22)17-18(14(2)23)21(20(17)24)19(15-9-5-3-6-10-15)16-11-7-4-8-12-16/h3-13,17-19,22H,1-2H3/t13-,17?,18?/m1/s1. The first kappa shape index (κ1) is 16.4. The minimum absolute atomic E-state index is 0.0997. The summed E-state index contributed by atoms with van der Waals surface area (Å²) >= 11 is 0. The second-order valence-electron chi connectivity index (χ2n) is 6.29. The van der Waals surface area contributed by atoms with Crippen molar-refractivity contribution in [1.29, 1.82) is 0 Å². The quantitative estimate of drug-likeness (QED) is 0.861. The molecule has 0 bridgehead atoms. The SMILES string of the molecule is CC(=O)C1C([C@@H](C)O)C(=O)N1C(c1ccccc1)c1ccccc1. The molecule has 1 fully saturated rings. The van der Waals surface area contributed by atoms with E-state index in [0.29, 0.717) is 0 Å². The lowest BCUT2D eigenvalue weighted by Gasteiger charge is -2.51. The van der Waals surface area contributed by atoms with Gasteiger partial charge in [0.2, 0.25) is 5.91 Å². The van der Waals surface area contributed by atoms with Gasteiger partial charge in [0.25, 0.3) is 0 Å². The van der Waals surface area contributed by atoms with Gasteiger partial charge in [0.05, 0.1) is 18.1 Å².